The lowest BCUT2D eigenvalue weighted by Gasteiger charge is -2.35. The molecule has 8 nitrogen and oxygen atoms in total. The highest BCUT2D eigenvalue weighted by molar-refractivity contribution is 7.97. The summed E-state index contributed by atoms with van der Waals surface area (Å²) in [6.45, 7) is 16.6. The average molecular weight is 707 g/mol. The molecule has 0 amide bonds. The van der Waals surface area contributed by atoms with Crippen molar-refractivity contribution in [2.75, 3.05) is 82.2 Å². The van der Waals surface area contributed by atoms with Crippen LogP contribution < -0.4 is 27.0 Å². The normalized spacial score (nSPS) is 15.9. The number of nitrogens with zero attached hydrogens (tertiary/aromatic N) is 4. The Morgan fingerprint density at radius 1 is 0.958 bits per heavy atom. The van der Waals surface area contributed by atoms with Crippen molar-refractivity contribution < 1.29 is 8.78 Å². The molecule has 2 aliphatic rings. The van der Waals surface area contributed by atoms with E-state index in [1.165, 1.54) is 11.0 Å². The molecule has 1 aliphatic heterocycles. The number of allylic oxidation sites excluding steroid dienone is 1. The Hall–Kier alpha value is -2.41. The van der Waals surface area contributed by atoms with E-state index in [9.17, 15) is 0 Å². The highest BCUT2D eigenvalue weighted by atomic mass is 35.5. The summed E-state index contributed by atoms with van der Waals surface area (Å²) in [5, 5.41) is 6.63. The molecule has 4 rings (SSSR count). The lowest BCUT2D eigenvalue weighted by Crippen LogP contribution is -2.44. The first kappa shape index (κ1) is 40.0. The molecule has 1 aromatic carbocycles. The van der Waals surface area contributed by atoms with Crippen LogP contribution in [0.4, 0.5) is 20.3 Å². The minimum atomic E-state index is -2.87. The van der Waals surface area contributed by atoms with Gasteiger partial charge in [-0.05, 0) is 93.2 Å². The Bertz CT molecular complexity index is 1190. The largest absolute Gasteiger partial charge is 0.391 e. The summed E-state index contributed by atoms with van der Waals surface area (Å²) in [5.41, 5.74) is 12.1. The van der Waals surface area contributed by atoms with E-state index in [1.807, 2.05) is 6.08 Å². The van der Waals surface area contributed by atoms with E-state index < -0.39 is 11.8 Å². The van der Waals surface area contributed by atoms with Crippen LogP contribution in [0.1, 0.15) is 56.9 Å². The molecule has 48 heavy (non-hydrogen) atoms. The quantitative estimate of drug-likeness (QED) is 0.0536. The molecule has 0 bridgehead atoms. The molecule has 12 heteroatoms. The highest BCUT2D eigenvalue weighted by Crippen LogP contribution is 2.44. The smallest absolute Gasteiger partial charge is 0.276 e. The molecular weight excluding hydrogens is 650 g/mol. The molecule has 2 fully saturated rings. The molecule has 2 heterocycles. The second-order valence-electron chi connectivity index (χ2n) is 12.3. The maximum Gasteiger partial charge on any atom is 0.276 e. The fourth-order valence-electron chi connectivity index (χ4n) is 6.02. The molecule has 1 aliphatic carbocycles. The number of hydrogen-bond acceptors (Lipinski definition) is 9. The number of hydrogen-bond donors (Lipinski definition) is 4. The van der Waals surface area contributed by atoms with Gasteiger partial charge in [-0.3, -0.25) is 0 Å². The fourth-order valence-corrected chi connectivity index (χ4v) is 7.12. The van der Waals surface area contributed by atoms with Crippen LogP contribution >= 0.6 is 23.5 Å². The van der Waals surface area contributed by atoms with Gasteiger partial charge in [-0.15, -0.1) is 6.58 Å². The second kappa shape index (κ2) is 22.3. The summed E-state index contributed by atoms with van der Waals surface area (Å²) in [6.07, 6.45) is 10.8. The summed E-state index contributed by atoms with van der Waals surface area (Å²) in [5.74, 6) is -2.92. The van der Waals surface area contributed by atoms with Gasteiger partial charge in [0.25, 0.3) is 5.92 Å². The van der Waals surface area contributed by atoms with Gasteiger partial charge in [0.2, 0.25) is 0 Å². The van der Waals surface area contributed by atoms with Crippen LogP contribution in [0.2, 0.25) is 5.15 Å². The van der Waals surface area contributed by atoms with Gasteiger partial charge in [-0.1, -0.05) is 43.5 Å². The Morgan fingerprint density at radius 3 is 2.27 bits per heavy atom. The Labute approximate surface area is 296 Å². The fraction of sp³-hybridized carbons (Fsp3) is 0.583. The predicted octanol–water partition coefficient (Wildman–Crippen LogP) is 6.94. The predicted molar refractivity (Wildman–Crippen MR) is 201 cm³/mol. The summed E-state index contributed by atoms with van der Waals surface area (Å²) < 4.78 is 32.9. The lowest BCUT2D eigenvalue weighted by molar-refractivity contribution is -0.0777. The number of anilines is 2. The van der Waals surface area contributed by atoms with Gasteiger partial charge >= 0.3 is 0 Å². The Kier molecular flexibility index (Phi) is 18.6. The third-order valence-corrected chi connectivity index (χ3v) is 9.98. The minimum Gasteiger partial charge on any atom is -0.391 e. The third kappa shape index (κ3) is 13.8. The Balaban J connectivity index is 0.000000408. The third-order valence-electron chi connectivity index (χ3n) is 8.68. The molecule has 0 spiro atoms. The van der Waals surface area contributed by atoms with Crippen molar-refractivity contribution in [2.24, 2.45) is 17.4 Å². The number of aromatic nitrogens is 1. The average Bonchev–Trinajstić information content (AvgIpc) is 3.10. The van der Waals surface area contributed by atoms with Crippen molar-refractivity contribution in [2.45, 2.75) is 62.2 Å². The summed E-state index contributed by atoms with van der Waals surface area (Å²) in [7, 11) is 0. The van der Waals surface area contributed by atoms with E-state index in [1.54, 1.807) is 24.2 Å². The summed E-state index contributed by atoms with van der Waals surface area (Å²) in [4.78, 5) is 9.93. The zero-order valence-corrected chi connectivity index (χ0v) is 30.1. The number of alkyl halides is 2. The molecule has 268 valence electrons. The summed E-state index contributed by atoms with van der Waals surface area (Å²) in [6, 6.07) is 11.4. The molecule has 2 aromatic rings. The molecular formula is C36H57ClF2N8S. The molecule has 0 radical (unpaired) electrons. The lowest BCUT2D eigenvalue weighted by atomic mass is 9.82. The van der Waals surface area contributed by atoms with Crippen LogP contribution in [0.25, 0.3) is 0 Å². The van der Waals surface area contributed by atoms with Gasteiger partial charge in [0.05, 0.1) is 0 Å². The van der Waals surface area contributed by atoms with Gasteiger partial charge in [-0.25, -0.2) is 18.1 Å². The van der Waals surface area contributed by atoms with Gasteiger partial charge in [-0.2, -0.15) is 0 Å². The van der Waals surface area contributed by atoms with Crippen molar-refractivity contribution >= 4 is 35.1 Å². The van der Waals surface area contributed by atoms with E-state index in [-0.39, 0.29) is 10.7 Å². The van der Waals surface area contributed by atoms with Crippen LogP contribution in [0.5, 0.6) is 0 Å². The van der Waals surface area contributed by atoms with Crippen molar-refractivity contribution in [1.82, 2.24) is 19.5 Å². The molecule has 0 unspecified atom stereocenters. The molecule has 1 saturated carbocycles. The molecule has 1 saturated heterocycles. The van der Waals surface area contributed by atoms with E-state index in [0.717, 1.165) is 103 Å². The molecule has 6 N–H and O–H groups in total. The SMILES string of the molecule is C=CCCCNc1ccc(SN2CCN(c3cc(C(F)(F)C4CCCCC4)cc(Cl)n3)CC2)cc1.C=CNCCCN(CCN)CCN. The van der Waals surface area contributed by atoms with E-state index in [0.29, 0.717) is 31.7 Å². The van der Waals surface area contributed by atoms with Crippen molar-refractivity contribution in [3.8, 4) is 0 Å². The zero-order chi connectivity index (χ0) is 34.6. The van der Waals surface area contributed by atoms with Crippen LogP contribution in [-0.2, 0) is 5.92 Å². The van der Waals surface area contributed by atoms with Crippen LogP contribution in [0, 0.1) is 5.92 Å². The number of pyridine rings is 1. The summed E-state index contributed by atoms with van der Waals surface area (Å²) >= 11 is 7.95. The number of nitrogens with one attached hydrogen (secondary N) is 2. The molecule has 0 atom stereocenters. The minimum absolute atomic E-state index is 0.00870. The van der Waals surface area contributed by atoms with Crippen molar-refractivity contribution in [1.29, 1.82) is 0 Å². The topological polar surface area (TPSA) is 98.7 Å². The van der Waals surface area contributed by atoms with E-state index in [4.69, 9.17) is 23.1 Å². The molecule has 1 aromatic heterocycles. The number of rotatable bonds is 19. The first-order valence-electron chi connectivity index (χ1n) is 17.5. The van der Waals surface area contributed by atoms with E-state index in [2.05, 4.69) is 67.1 Å². The zero-order valence-electron chi connectivity index (χ0n) is 28.5. The maximum atomic E-state index is 15.3. The van der Waals surface area contributed by atoms with Crippen LogP contribution in [0.3, 0.4) is 0 Å². The monoisotopic (exact) mass is 706 g/mol. The number of halogens is 3. The number of piperazine rings is 1. The number of nitrogens with two attached hydrogens (primary N) is 2. The first-order chi connectivity index (χ1) is 23.3. The van der Waals surface area contributed by atoms with Crippen LogP contribution in [-0.4, -0.2) is 86.2 Å². The van der Waals surface area contributed by atoms with Gasteiger partial charge in [0.1, 0.15) is 11.0 Å². The van der Waals surface area contributed by atoms with Crippen molar-refractivity contribution in [3.05, 3.63) is 72.5 Å². The Morgan fingerprint density at radius 2 is 1.65 bits per heavy atom. The highest BCUT2D eigenvalue weighted by Gasteiger charge is 2.42. The first-order valence-corrected chi connectivity index (χ1v) is 18.6. The van der Waals surface area contributed by atoms with Crippen LogP contribution in [0.15, 0.2) is 66.7 Å². The number of unbranched alkanes of at least 4 members (excludes halogenated alkanes) is 1. The van der Waals surface area contributed by atoms with Gasteiger partial charge < -0.3 is 31.9 Å². The van der Waals surface area contributed by atoms with Gasteiger partial charge in [0, 0.05) is 87.5 Å². The second-order valence-corrected chi connectivity index (χ2v) is 13.9. The maximum absolute atomic E-state index is 15.3. The van der Waals surface area contributed by atoms with E-state index >= 15 is 8.78 Å². The van der Waals surface area contributed by atoms with Crippen molar-refractivity contribution in [3.63, 3.8) is 0 Å². The van der Waals surface area contributed by atoms with Gasteiger partial charge in [0.15, 0.2) is 0 Å². The number of benzene rings is 1. The standard InChI is InChI=1S/C27H35ClF2N4S.C9H22N4/c1-2-3-7-14-31-23-10-12-24(13-11-23)35-34-17-15-33(16-18-34)26-20-22(19-25(28)32-26)27(29,30)21-8-5-4-6-9-21;1-2-12-6-3-7-13(8-4-10)9-5-11/h2,10-13,19-21,31H,1,3-9,14-18H2;2,12H,1,3-11H2.